The van der Waals surface area contributed by atoms with Gasteiger partial charge >= 0.3 is 0 Å². The highest BCUT2D eigenvalue weighted by atomic mass is 16.6. The van der Waals surface area contributed by atoms with Crippen LogP contribution in [0.5, 0.6) is 0 Å². The van der Waals surface area contributed by atoms with Crippen LogP contribution < -0.4 is 0 Å². The van der Waals surface area contributed by atoms with Crippen LogP contribution in [0.1, 0.15) is 33.4 Å². The van der Waals surface area contributed by atoms with Crippen molar-refractivity contribution < 1.29 is 29.2 Å². The summed E-state index contributed by atoms with van der Waals surface area (Å²) in [5, 5.41) is 23.4. The molecular weight excluding hydrogens is 757 g/mol. The van der Waals surface area contributed by atoms with E-state index in [1.165, 1.54) is 0 Å². The van der Waals surface area contributed by atoms with Gasteiger partial charge in [-0.05, 0) is 44.4 Å². The maximum Gasteiger partial charge on any atom is 0.143 e. The number of ether oxygens (including phenoxy) is 4. The lowest BCUT2D eigenvalue weighted by Gasteiger charge is -2.36. The van der Waals surface area contributed by atoms with Crippen LogP contribution in [0.15, 0.2) is 192 Å². The molecule has 0 aliphatic rings. The highest BCUT2D eigenvalue weighted by Gasteiger charge is 2.38. The molecule has 60 heavy (non-hydrogen) atoms. The number of aliphatic hydroxyl groups is 2. The first-order valence-electron chi connectivity index (χ1n) is 19.7. The molecule has 0 radical (unpaired) electrons. The van der Waals surface area contributed by atoms with E-state index in [9.17, 15) is 0 Å². The van der Waals surface area contributed by atoms with Gasteiger partial charge in [-0.1, -0.05) is 192 Å². The highest BCUT2D eigenvalue weighted by molar-refractivity contribution is 5.48. The van der Waals surface area contributed by atoms with Crippen molar-refractivity contribution in [3.63, 3.8) is 0 Å². The second kappa shape index (κ2) is 24.6. The van der Waals surface area contributed by atoms with Gasteiger partial charge in [0.15, 0.2) is 0 Å². The van der Waals surface area contributed by atoms with Gasteiger partial charge < -0.3 is 29.2 Å². The van der Waals surface area contributed by atoms with E-state index in [0.29, 0.717) is 13.2 Å². The number of nitrogens with zero attached hydrogens (tertiary/aromatic N) is 6. The summed E-state index contributed by atoms with van der Waals surface area (Å²) in [5.74, 6) is 0. The van der Waals surface area contributed by atoms with Crippen molar-refractivity contribution in [2.75, 3.05) is 52.7 Å². The fourth-order valence-corrected chi connectivity index (χ4v) is 6.88. The topological polar surface area (TPSA) is 175 Å². The van der Waals surface area contributed by atoms with Crippen LogP contribution in [0, 0.1) is 0 Å². The maximum absolute atomic E-state index is 9.11. The van der Waals surface area contributed by atoms with Crippen molar-refractivity contribution in [1.82, 2.24) is 0 Å². The molecule has 0 bridgehead atoms. The van der Waals surface area contributed by atoms with Crippen LogP contribution in [0.2, 0.25) is 0 Å². The maximum atomic E-state index is 9.11. The second-order valence-electron chi connectivity index (χ2n) is 13.5. The molecule has 0 aromatic heterocycles. The van der Waals surface area contributed by atoms with E-state index in [1.54, 1.807) is 0 Å². The minimum atomic E-state index is -0.911. The molecule has 0 aliphatic carbocycles. The van der Waals surface area contributed by atoms with Crippen molar-refractivity contribution in [2.45, 2.75) is 23.4 Å². The van der Waals surface area contributed by atoms with E-state index in [1.807, 2.05) is 109 Å². The minimum Gasteiger partial charge on any atom is -0.394 e. The summed E-state index contributed by atoms with van der Waals surface area (Å²) in [5.41, 5.74) is 21.2. The highest BCUT2D eigenvalue weighted by Crippen LogP contribution is 2.41. The summed E-state index contributed by atoms with van der Waals surface area (Å²) in [7, 11) is 0. The molecule has 0 spiro atoms. The van der Waals surface area contributed by atoms with Crippen LogP contribution in [-0.4, -0.2) is 75.2 Å². The van der Waals surface area contributed by atoms with Crippen molar-refractivity contribution in [3.05, 3.63) is 236 Å². The van der Waals surface area contributed by atoms with Gasteiger partial charge in [-0.2, -0.15) is 0 Å². The largest absolute Gasteiger partial charge is 0.394 e. The van der Waals surface area contributed by atoms with Crippen LogP contribution in [-0.2, 0) is 30.1 Å². The van der Waals surface area contributed by atoms with Crippen LogP contribution in [0.3, 0.4) is 0 Å². The van der Waals surface area contributed by atoms with Crippen LogP contribution in [0.4, 0.5) is 0 Å². The third kappa shape index (κ3) is 12.1. The van der Waals surface area contributed by atoms with Gasteiger partial charge in [0.25, 0.3) is 0 Å². The SMILES string of the molecule is [N-]=[N+]=NCC(COCCOC(c1ccccc1)(c1ccccc1)c1ccccc1)OCCOC(c1ccccc1)(c1ccccc1)c1ccccc1.[N-]=[N+]=NCC(O)CO. The standard InChI is InChI=1S/C45H43N3O4.C3H7N3O2/c46-48-47-35-43(50-32-34-52-45(40-25-13-4-14-26-40,41-27-15-5-16-28-41)42-29-17-6-18-30-42)36-49-31-33-51-44(37-19-7-1-8-20-37,38-21-9-2-10-22-38)39-23-11-3-12-24-39;4-6-5-1-3(8)2-7/h1-30,43H,31-36H2;3,7-8H,1-2H2. The van der Waals surface area contributed by atoms with E-state index in [-0.39, 0.29) is 39.5 Å². The molecule has 2 atom stereocenters. The zero-order valence-electron chi connectivity index (χ0n) is 33.3. The predicted octanol–water partition coefficient (Wildman–Crippen LogP) is 9.37. The summed E-state index contributed by atoms with van der Waals surface area (Å²) >= 11 is 0. The van der Waals surface area contributed by atoms with Gasteiger partial charge in [-0.25, -0.2) is 0 Å². The van der Waals surface area contributed by atoms with Crippen molar-refractivity contribution in [1.29, 1.82) is 0 Å². The fourth-order valence-electron chi connectivity index (χ4n) is 6.88. The number of benzene rings is 6. The van der Waals surface area contributed by atoms with Crippen LogP contribution >= 0.6 is 0 Å². The fraction of sp³-hybridized carbons (Fsp3) is 0.250. The lowest BCUT2D eigenvalue weighted by molar-refractivity contribution is -0.0727. The molecule has 308 valence electrons. The summed E-state index contributed by atoms with van der Waals surface area (Å²) in [4.78, 5) is 5.35. The molecule has 0 saturated heterocycles. The zero-order valence-corrected chi connectivity index (χ0v) is 33.3. The predicted molar refractivity (Wildman–Crippen MR) is 232 cm³/mol. The Balaban J connectivity index is 0.000000774. The third-order valence-corrected chi connectivity index (χ3v) is 9.60. The monoisotopic (exact) mass is 806 g/mol. The quantitative estimate of drug-likeness (QED) is 0.0227. The molecule has 6 rings (SSSR count). The molecule has 0 heterocycles. The lowest BCUT2D eigenvalue weighted by atomic mass is 9.80. The minimum absolute atomic E-state index is 0.0625. The Bertz CT molecular complexity index is 1980. The molecule has 0 saturated carbocycles. The molecule has 12 nitrogen and oxygen atoms in total. The number of hydrogen-bond acceptors (Lipinski definition) is 8. The summed E-state index contributed by atoms with van der Waals surface area (Å²) < 4.78 is 26.1. The van der Waals surface area contributed by atoms with Crippen molar-refractivity contribution in [3.8, 4) is 0 Å². The Kier molecular flexibility index (Phi) is 18.4. The Morgan fingerprint density at radius 2 is 0.783 bits per heavy atom. The Labute approximate surface area is 350 Å². The van der Waals surface area contributed by atoms with E-state index in [4.69, 9.17) is 40.2 Å². The summed E-state index contributed by atoms with van der Waals surface area (Å²) in [6, 6.07) is 61.4. The summed E-state index contributed by atoms with van der Waals surface area (Å²) in [6.45, 7) is 1.08. The molecule has 2 N–H and O–H groups in total. The number of hydrogen-bond donors (Lipinski definition) is 2. The smallest absolute Gasteiger partial charge is 0.143 e. The third-order valence-electron chi connectivity index (χ3n) is 9.60. The first-order valence-corrected chi connectivity index (χ1v) is 19.7. The molecular formula is C48H50N6O6. The van der Waals surface area contributed by atoms with Crippen molar-refractivity contribution >= 4 is 0 Å². The Morgan fingerprint density at radius 1 is 0.467 bits per heavy atom. The second-order valence-corrected chi connectivity index (χ2v) is 13.5. The van der Waals surface area contributed by atoms with Gasteiger partial charge in [0.1, 0.15) is 11.2 Å². The van der Waals surface area contributed by atoms with E-state index < -0.39 is 23.4 Å². The van der Waals surface area contributed by atoms with E-state index >= 15 is 0 Å². The zero-order chi connectivity index (χ0) is 42.1. The number of azide groups is 2. The van der Waals surface area contributed by atoms with Gasteiger partial charge in [-0.15, -0.1) is 0 Å². The van der Waals surface area contributed by atoms with Crippen molar-refractivity contribution in [2.24, 2.45) is 10.2 Å². The number of rotatable bonds is 22. The molecule has 6 aromatic rings. The first kappa shape index (κ1) is 44.8. The number of aliphatic hydroxyl groups excluding tert-OH is 2. The Morgan fingerprint density at radius 3 is 1.10 bits per heavy atom. The first-order chi connectivity index (χ1) is 29.6. The molecule has 0 fully saturated rings. The molecule has 0 amide bonds. The van der Waals surface area contributed by atoms with E-state index in [2.05, 4.69) is 92.8 Å². The van der Waals surface area contributed by atoms with Gasteiger partial charge in [0.05, 0.1) is 64.9 Å². The average Bonchev–Trinajstić information content (AvgIpc) is 3.33. The normalized spacial score (nSPS) is 12.2. The van der Waals surface area contributed by atoms with Gasteiger partial charge in [-0.3, -0.25) is 0 Å². The van der Waals surface area contributed by atoms with Crippen LogP contribution in [0.25, 0.3) is 20.9 Å². The molecule has 0 aliphatic heterocycles. The molecule has 6 aromatic carbocycles. The summed E-state index contributed by atoms with van der Waals surface area (Å²) in [6.07, 6.45) is -1.38. The molecule has 2 unspecified atom stereocenters. The average molecular weight is 807 g/mol. The van der Waals surface area contributed by atoms with Gasteiger partial charge in [0.2, 0.25) is 0 Å². The van der Waals surface area contributed by atoms with E-state index in [0.717, 1.165) is 33.4 Å². The van der Waals surface area contributed by atoms with Gasteiger partial charge in [0, 0.05) is 9.82 Å². The Hall–Kier alpha value is -6.30. The lowest BCUT2D eigenvalue weighted by Crippen LogP contribution is -2.35. The molecule has 12 heteroatoms.